The predicted molar refractivity (Wildman–Crippen MR) is 43.2 cm³/mol. The zero-order valence-corrected chi connectivity index (χ0v) is 7.70. The van der Waals surface area contributed by atoms with E-state index >= 15 is 0 Å². The molecular formula is C6H14ClNO4. The van der Waals surface area contributed by atoms with Crippen LogP contribution in [0.4, 0.5) is 0 Å². The number of rotatable bonds is 7. The minimum atomic E-state index is -0.469. The third kappa shape index (κ3) is 5.70. The second kappa shape index (κ2) is 7.72. The van der Waals surface area contributed by atoms with Crippen LogP contribution in [0.2, 0.25) is 0 Å². The van der Waals surface area contributed by atoms with Crippen molar-refractivity contribution in [2.24, 2.45) is 0 Å². The molecule has 0 aliphatic rings. The van der Waals surface area contributed by atoms with Crippen molar-refractivity contribution in [1.82, 2.24) is 5.23 Å². The van der Waals surface area contributed by atoms with Crippen LogP contribution in [0.15, 0.2) is 0 Å². The summed E-state index contributed by atoms with van der Waals surface area (Å²) in [7, 11) is 0. The van der Waals surface area contributed by atoms with E-state index in [0.29, 0.717) is 0 Å². The van der Waals surface area contributed by atoms with Gasteiger partial charge in [-0.3, -0.25) is 9.68 Å². The predicted octanol–water partition coefficient (Wildman–Crippen LogP) is -0.279. The van der Waals surface area contributed by atoms with E-state index in [2.05, 4.69) is 0 Å². The zero-order valence-electron chi connectivity index (χ0n) is 6.94. The molecule has 0 aromatic carbocycles. The molecule has 1 atom stereocenters. The van der Waals surface area contributed by atoms with Crippen molar-refractivity contribution >= 4 is 11.6 Å². The van der Waals surface area contributed by atoms with Gasteiger partial charge in [-0.1, -0.05) is 0 Å². The summed E-state index contributed by atoms with van der Waals surface area (Å²) in [6.07, 6.45) is 0. The third-order valence-electron chi connectivity index (χ3n) is 0.910. The number of aliphatic hydroxyl groups is 2. The maximum Gasteiger partial charge on any atom is 0.134 e. The molecule has 0 fully saturated rings. The van der Waals surface area contributed by atoms with Crippen molar-refractivity contribution in [2.45, 2.75) is 12.4 Å². The Balaban J connectivity index is 3.55. The number of aliphatic hydroxyl groups excluding tert-OH is 2. The molecule has 0 radical (unpaired) electrons. The summed E-state index contributed by atoms with van der Waals surface area (Å²) in [6, 6.07) is 0. The number of nitrogens with zero attached hydrogens (tertiary/aromatic N) is 1. The van der Waals surface area contributed by atoms with Gasteiger partial charge in [-0.25, -0.2) is 0 Å². The molecule has 0 aliphatic heterocycles. The molecule has 0 saturated carbocycles. The van der Waals surface area contributed by atoms with E-state index in [1.54, 1.807) is 6.92 Å². The highest BCUT2D eigenvalue weighted by Crippen LogP contribution is 2.04. The van der Waals surface area contributed by atoms with Gasteiger partial charge in [0.1, 0.15) is 5.50 Å². The molecule has 0 spiro atoms. The van der Waals surface area contributed by atoms with Gasteiger partial charge in [-0.05, 0) is 12.2 Å². The first-order valence-electron chi connectivity index (χ1n) is 3.63. The van der Waals surface area contributed by atoms with Crippen LogP contribution in [-0.2, 0) is 9.68 Å². The van der Waals surface area contributed by atoms with Gasteiger partial charge in [0, 0.05) is 0 Å². The Kier molecular flexibility index (Phi) is 7.78. The van der Waals surface area contributed by atoms with Crippen LogP contribution in [-0.4, -0.2) is 47.4 Å². The quantitative estimate of drug-likeness (QED) is 0.336. The molecule has 0 aromatic heterocycles. The second-order valence-electron chi connectivity index (χ2n) is 1.97. The van der Waals surface area contributed by atoms with E-state index < -0.39 is 5.50 Å². The zero-order chi connectivity index (χ0) is 9.40. The van der Waals surface area contributed by atoms with Gasteiger partial charge in [0.15, 0.2) is 0 Å². The van der Waals surface area contributed by atoms with Gasteiger partial charge < -0.3 is 10.2 Å². The molecule has 0 aromatic rings. The normalized spacial score (nSPS) is 13.8. The van der Waals surface area contributed by atoms with Crippen molar-refractivity contribution in [1.29, 1.82) is 0 Å². The summed E-state index contributed by atoms with van der Waals surface area (Å²) in [6.45, 7) is 1.66. The maximum atomic E-state index is 8.42. The van der Waals surface area contributed by atoms with Gasteiger partial charge in [0.25, 0.3) is 0 Å². The Labute approximate surface area is 76.4 Å². The molecule has 0 rings (SSSR count). The molecule has 2 N–H and O–H groups in total. The number of halogens is 1. The number of hydrogen-bond acceptors (Lipinski definition) is 5. The Bertz CT molecular complexity index is 95.5. The fourth-order valence-electron chi connectivity index (χ4n) is 0.504. The fraction of sp³-hybridized carbons (Fsp3) is 1.00. The number of hydroxylamine groups is 2. The van der Waals surface area contributed by atoms with Gasteiger partial charge in [0.05, 0.1) is 26.4 Å². The number of alkyl halides is 1. The molecular weight excluding hydrogens is 186 g/mol. The van der Waals surface area contributed by atoms with Crippen molar-refractivity contribution < 1.29 is 19.9 Å². The van der Waals surface area contributed by atoms with E-state index in [4.69, 9.17) is 31.5 Å². The Morgan fingerprint density at radius 2 is 1.67 bits per heavy atom. The lowest BCUT2D eigenvalue weighted by Gasteiger charge is -2.21. The van der Waals surface area contributed by atoms with E-state index in [0.717, 1.165) is 5.23 Å². The van der Waals surface area contributed by atoms with Crippen LogP contribution in [0.1, 0.15) is 6.92 Å². The van der Waals surface area contributed by atoms with Gasteiger partial charge >= 0.3 is 0 Å². The van der Waals surface area contributed by atoms with E-state index in [1.807, 2.05) is 0 Å². The monoisotopic (exact) mass is 199 g/mol. The first-order valence-corrected chi connectivity index (χ1v) is 4.07. The summed E-state index contributed by atoms with van der Waals surface area (Å²) in [5, 5.41) is 17.9. The standard InChI is InChI=1S/C6H14ClNO4/c1-6(7)8(11-4-2-9)12-5-3-10/h6,9-10H,2-5H2,1H3. The summed E-state index contributed by atoms with van der Waals surface area (Å²) in [5.41, 5.74) is -0.469. The van der Waals surface area contributed by atoms with Gasteiger partial charge in [0.2, 0.25) is 0 Å². The molecule has 0 saturated heterocycles. The topological polar surface area (TPSA) is 62.2 Å². The highest BCUT2D eigenvalue weighted by molar-refractivity contribution is 6.19. The second-order valence-corrected chi connectivity index (χ2v) is 2.60. The minimum Gasteiger partial charge on any atom is -0.394 e. The summed E-state index contributed by atoms with van der Waals surface area (Å²) >= 11 is 5.63. The molecule has 0 bridgehead atoms. The summed E-state index contributed by atoms with van der Waals surface area (Å²) in [4.78, 5) is 9.75. The van der Waals surface area contributed by atoms with Gasteiger partial charge in [-0.15, -0.1) is 11.6 Å². The van der Waals surface area contributed by atoms with Gasteiger partial charge in [-0.2, -0.15) is 0 Å². The first-order chi connectivity index (χ1) is 5.72. The molecule has 74 valence electrons. The number of hydrogen-bond donors (Lipinski definition) is 2. The molecule has 0 amide bonds. The maximum absolute atomic E-state index is 8.42. The van der Waals surface area contributed by atoms with Crippen LogP contribution in [0, 0.1) is 0 Å². The highest BCUT2D eigenvalue weighted by atomic mass is 35.5. The molecule has 6 heteroatoms. The fourth-order valence-corrected chi connectivity index (χ4v) is 0.617. The Morgan fingerprint density at radius 1 is 1.25 bits per heavy atom. The van der Waals surface area contributed by atoms with Crippen molar-refractivity contribution in [3.8, 4) is 0 Å². The lowest BCUT2D eigenvalue weighted by Crippen LogP contribution is -2.31. The van der Waals surface area contributed by atoms with Crippen LogP contribution < -0.4 is 0 Å². The van der Waals surface area contributed by atoms with Crippen LogP contribution >= 0.6 is 11.6 Å². The van der Waals surface area contributed by atoms with Crippen molar-refractivity contribution in [2.75, 3.05) is 26.4 Å². The Morgan fingerprint density at radius 3 is 1.92 bits per heavy atom. The molecule has 0 heterocycles. The van der Waals surface area contributed by atoms with E-state index in [9.17, 15) is 0 Å². The van der Waals surface area contributed by atoms with Crippen LogP contribution in [0.3, 0.4) is 0 Å². The summed E-state index contributed by atoms with van der Waals surface area (Å²) in [5.74, 6) is 0. The van der Waals surface area contributed by atoms with E-state index in [-0.39, 0.29) is 26.4 Å². The molecule has 0 aliphatic carbocycles. The van der Waals surface area contributed by atoms with Crippen molar-refractivity contribution in [3.05, 3.63) is 0 Å². The average molecular weight is 200 g/mol. The highest BCUT2D eigenvalue weighted by Gasteiger charge is 2.11. The average Bonchev–Trinajstić information content (AvgIpc) is 2.04. The van der Waals surface area contributed by atoms with Crippen LogP contribution in [0.5, 0.6) is 0 Å². The minimum absolute atomic E-state index is 0.109. The molecule has 12 heavy (non-hydrogen) atoms. The summed E-state index contributed by atoms with van der Waals surface area (Å²) < 4.78 is 0. The molecule has 5 nitrogen and oxygen atoms in total. The van der Waals surface area contributed by atoms with E-state index in [1.165, 1.54) is 0 Å². The Hall–Kier alpha value is 0.0900. The first kappa shape index (κ1) is 12.1. The SMILES string of the molecule is CC(Cl)N(OCCO)OCCO. The smallest absolute Gasteiger partial charge is 0.134 e. The third-order valence-corrected chi connectivity index (χ3v) is 1.07. The van der Waals surface area contributed by atoms with Crippen molar-refractivity contribution in [3.63, 3.8) is 0 Å². The lowest BCUT2D eigenvalue weighted by molar-refractivity contribution is -0.377. The lowest BCUT2D eigenvalue weighted by atomic mass is 10.8. The molecule has 1 unspecified atom stereocenters. The van der Waals surface area contributed by atoms with Crippen LogP contribution in [0.25, 0.3) is 0 Å². The largest absolute Gasteiger partial charge is 0.394 e.